The second kappa shape index (κ2) is 10.0. The zero-order valence-electron chi connectivity index (χ0n) is 19.2. The maximum Gasteiger partial charge on any atom is 0.416 e. The minimum Gasteiger partial charge on any atom is -0.858 e. The molecule has 2 aromatic carbocycles. The molecule has 3 N–H and O–H groups in total. The summed E-state index contributed by atoms with van der Waals surface area (Å²) in [6.45, 7) is 0.271. The van der Waals surface area contributed by atoms with Gasteiger partial charge in [-0.05, 0) is 58.6 Å². The summed E-state index contributed by atoms with van der Waals surface area (Å²) < 4.78 is 47.0. The first-order valence-electron chi connectivity index (χ1n) is 11.0. The van der Waals surface area contributed by atoms with Crippen molar-refractivity contribution in [3.8, 4) is 0 Å². The van der Waals surface area contributed by atoms with Gasteiger partial charge in [0.15, 0.2) is 0 Å². The minimum absolute atomic E-state index is 0.0558. The molecule has 2 amide bonds. The van der Waals surface area contributed by atoms with Crippen LogP contribution >= 0.6 is 0 Å². The van der Waals surface area contributed by atoms with Crippen LogP contribution in [0.4, 0.5) is 35.2 Å². The van der Waals surface area contributed by atoms with Gasteiger partial charge in [0.25, 0.3) is 6.20 Å². The number of urea groups is 1. The van der Waals surface area contributed by atoms with E-state index in [1.807, 2.05) is 0 Å². The van der Waals surface area contributed by atoms with E-state index >= 15 is 0 Å². The molecule has 14 heteroatoms. The number of carbonyl (C=O) groups excluding carboxylic acids is 1. The third kappa shape index (κ3) is 5.75. The smallest absolute Gasteiger partial charge is 0.416 e. The van der Waals surface area contributed by atoms with Gasteiger partial charge in [-0.15, -0.1) is 0 Å². The molecule has 0 saturated heterocycles. The van der Waals surface area contributed by atoms with Crippen molar-refractivity contribution in [2.45, 2.75) is 12.7 Å². The van der Waals surface area contributed by atoms with Crippen molar-refractivity contribution in [1.29, 1.82) is 0 Å². The fourth-order valence-electron chi connectivity index (χ4n) is 3.50. The molecule has 3 aromatic heterocycles. The monoisotopic (exact) mass is 522 g/mol. The second-order valence-electron chi connectivity index (χ2n) is 7.98. The zero-order valence-corrected chi connectivity index (χ0v) is 19.2. The molecule has 0 unspecified atom stereocenters. The van der Waals surface area contributed by atoms with Gasteiger partial charge in [0.1, 0.15) is 5.69 Å². The number of fused-ring (bicyclic) bond motifs is 1. The molecule has 38 heavy (non-hydrogen) atoms. The lowest BCUT2D eigenvalue weighted by Gasteiger charge is -2.14. The molecule has 0 spiro atoms. The number of imidazole rings is 1. The van der Waals surface area contributed by atoms with Gasteiger partial charge in [-0.3, -0.25) is 19.8 Å². The van der Waals surface area contributed by atoms with Crippen LogP contribution in [0, 0.1) is 0 Å². The number of aliphatic imine (C=N–C) groups is 1. The molecular formula is C24H17F3N8O3. The van der Waals surface area contributed by atoms with Crippen molar-refractivity contribution in [1.82, 2.24) is 20.2 Å². The summed E-state index contributed by atoms with van der Waals surface area (Å²) >= 11 is 0. The first-order chi connectivity index (χ1) is 18.2. The van der Waals surface area contributed by atoms with E-state index in [0.717, 1.165) is 12.1 Å². The maximum atomic E-state index is 13.5. The highest BCUT2D eigenvalue weighted by Gasteiger charge is 2.31. The van der Waals surface area contributed by atoms with Gasteiger partial charge >= 0.3 is 18.1 Å². The molecule has 0 aliphatic carbocycles. The SMILES string of the molecule is O=C(Nc1cc(N=C([O-])c2ccc3nc[nH]c3c2)cc(C(F)(F)F)c1)Nc1c[n+](Cc2ccccn2)no1. The first kappa shape index (κ1) is 24.4. The van der Waals surface area contributed by atoms with Crippen LogP contribution in [0.2, 0.25) is 0 Å². The summed E-state index contributed by atoms with van der Waals surface area (Å²) in [5.74, 6) is -0.824. The van der Waals surface area contributed by atoms with E-state index in [0.29, 0.717) is 22.8 Å². The van der Waals surface area contributed by atoms with Crippen LogP contribution in [-0.2, 0) is 12.7 Å². The van der Waals surface area contributed by atoms with Gasteiger partial charge in [-0.1, -0.05) is 12.1 Å². The molecule has 0 atom stereocenters. The lowest BCUT2D eigenvalue weighted by Crippen LogP contribution is -2.35. The predicted octanol–water partition coefficient (Wildman–Crippen LogP) is 3.38. The number of alkyl halides is 3. The van der Waals surface area contributed by atoms with Crippen molar-refractivity contribution in [3.05, 3.63) is 90.1 Å². The number of carbonyl (C=O) groups is 1. The zero-order chi connectivity index (χ0) is 26.7. The first-order valence-corrected chi connectivity index (χ1v) is 11.0. The normalized spacial score (nSPS) is 12.0. The molecule has 0 bridgehead atoms. The largest absolute Gasteiger partial charge is 0.858 e. The molecule has 0 radical (unpaired) electrons. The van der Waals surface area contributed by atoms with Crippen LogP contribution in [0.15, 0.2) is 82.8 Å². The predicted molar refractivity (Wildman–Crippen MR) is 126 cm³/mol. The van der Waals surface area contributed by atoms with Crippen LogP contribution in [0.3, 0.4) is 0 Å². The number of hydrogen-bond acceptors (Lipinski definition) is 7. The highest BCUT2D eigenvalue weighted by atomic mass is 19.4. The fourth-order valence-corrected chi connectivity index (χ4v) is 3.50. The van der Waals surface area contributed by atoms with Crippen LogP contribution in [0.25, 0.3) is 11.0 Å². The van der Waals surface area contributed by atoms with Crippen molar-refractivity contribution in [2.75, 3.05) is 10.6 Å². The Kier molecular flexibility index (Phi) is 6.43. The molecule has 3 heterocycles. The van der Waals surface area contributed by atoms with E-state index in [1.54, 1.807) is 30.5 Å². The summed E-state index contributed by atoms with van der Waals surface area (Å²) in [6, 6.07) is 11.6. The summed E-state index contributed by atoms with van der Waals surface area (Å²) in [6.07, 6.45) is -0.303. The van der Waals surface area contributed by atoms with Crippen molar-refractivity contribution < 1.29 is 32.3 Å². The summed E-state index contributed by atoms with van der Waals surface area (Å²) in [7, 11) is 0. The number of H-pyrrole nitrogens is 1. The number of nitrogens with one attached hydrogen (secondary N) is 3. The van der Waals surface area contributed by atoms with Gasteiger partial charge in [0.05, 0.1) is 28.6 Å². The Morgan fingerprint density at radius 2 is 1.97 bits per heavy atom. The molecule has 0 aliphatic rings. The van der Waals surface area contributed by atoms with Crippen LogP contribution in [-0.4, -0.2) is 32.2 Å². The fraction of sp³-hybridized carbons (Fsp3) is 0.0833. The number of nitrogens with zero attached hydrogens (tertiary/aromatic N) is 5. The minimum atomic E-state index is -4.75. The van der Waals surface area contributed by atoms with Gasteiger partial charge in [-0.2, -0.15) is 13.2 Å². The Morgan fingerprint density at radius 1 is 1.11 bits per heavy atom. The third-order valence-electron chi connectivity index (χ3n) is 5.20. The third-order valence-corrected chi connectivity index (χ3v) is 5.20. The summed E-state index contributed by atoms with van der Waals surface area (Å²) in [5.41, 5.74) is 0.400. The van der Waals surface area contributed by atoms with E-state index in [4.69, 9.17) is 4.52 Å². The van der Waals surface area contributed by atoms with Gasteiger partial charge in [0.2, 0.25) is 11.8 Å². The number of anilines is 2. The molecule has 0 saturated carbocycles. The summed E-state index contributed by atoms with van der Waals surface area (Å²) in [4.78, 5) is 27.3. The molecule has 0 fully saturated rings. The Labute approximate surface area is 211 Å². The molecule has 0 aliphatic heterocycles. The van der Waals surface area contributed by atoms with Crippen molar-refractivity contribution >= 4 is 40.2 Å². The van der Waals surface area contributed by atoms with Crippen LogP contribution in [0.1, 0.15) is 16.8 Å². The van der Waals surface area contributed by atoms with Crippen molar-refractivity contribution in [3.63, 3.8) is 0 Å². The Morgan fingerprint density at radius 3 is 2.76 bits per heavy atom. The van der Waals surface area contributed by atoms with Gasteiger partial charge in [0, 0.05) is 11.9 Å². The van der Waals surface area contributed by atoms with Gasteiger partial charge < -0.3 is 15.4 Å². The number of aromatic nitrogens is 5. The number of amides is 2. The van der Waals surface area contributed by atoms with E-state index in [1.165, 1.54) is 29.3 Å². The summed E-state index contributed by atoms with van der Waals surface area (Å²) in [5, 5.41) is 21.0. The quantitative estimate of drug-likeness (QED) is 0.177. The molecule has 5 aromatic rings. The Balaban J connectivity index is 1.34. The number of aromatic amines is 1. The number of benzene rings is 2. The van der Waals surface area contributed by atoms with E-state index in [9.17, 15) is 23.1 Å². The van der Waals surface area contributed by atoms with E-state index < -0.39 is 23.7 Å². The Hall–Kier alpha value is -5.27. The average molecular weight is 522 g/mol. The maximum absolute atomic E-state index is 13.5. The highest BCUT2D eigenvalue weighted by molar-refractivity contribution is 5.99. The molecular weight excluding hydrogens is 505 g/mol. The topological polar surface area (TPSA) is 148 Å². The number of halogens is 3. The molecule has 192 valence electrons. The average Bonchev–Trinajstić information content (AvgIpc) is 3.52. The highest BCUT2D eigenvalue weighted by Crippen LogP contribution is 2.34. The standard InChI is InChI=1S/C24H17F3N8O3/c25-24(26,27)15-8-17(31-22(36)14-4-5-19-20(7-14)30-13-29-19)10-18(9-15)32-23(37)33-21-12-35(34-38-21)11-16-3-1-2-6-28-16/h1-10,12-13H,11H2,(H3-,29,30,31,32,33,34,36,37). The van der Waals surface area contributed by atoms with Gasteiger partial charge in [-0.25, -0.2) is 9.78 Å². The van der Waals surface area contributed by atoms with Crippen LogP contribution in [0.5, 0.6) is 0 Å². The Bertz CT molecular complexity index is 1630. The van der Waals surface area contributed by atoms with E-state index in [2.05, 4.69) is 35.8 Å². The van der Waals surface area contributed by atoms with E-state index in [-0.39, 0.29) is 29.4 Å². The molecule has 5 rings (SSSR count). The van der Waals surface area contributed by atoms with Crippen LogP contribution < -0.4 is 20.4 Å². The number of pyridine rings is 1. The molecule has 11 nitrogen and oxygen atoms in total. The number of hydrogen-bond donors (Lipinski definition) is 3. The lowest BCUT2D eigenvalue weighted by molar-refractivity contribution is -0.755. The second-order valence-corrected chi connectivity index (χ2v) is 7.98. The van der Waals surface area contributed by atoms with Crippen molar-refractivity contribution in [2.24, 2.45) is 4.99 Å². The number of rotatable bonds is 6. The lowest BCUT2D eigenvalue weighted by atomic mass is 10.1.